The molecule has 1 heterocycles. The molecule has 15 heavy (non-hydrogen) atoms. The monoisotopic (exact) mass is 250 g/mol. The number of hydrogen-bond donors (Lipinski definition) is 1. The normalized spacial score (nSPS) is 14.8. The van der Waals surface area contributed by atoms with E-state index >= 15 is 0 Å². The zero-order valence-corrected chi connectivity index (χ0v) is 10.5. The van der Waals surface area contributed by atoms with Crippen LogP contribution in [0.25, 0.3) is 0 Å². The zero-order valence-electron chi connectivity index (χ0n) is 8.80. The third kappa shape index (κ3) is 4.28. The number of rotatable bonds is 7. The molecule has 1 rings (SSSR count). The van der Waals surface area contributed by atoms with Crippen LogP contribution in [-0.2, 0) is 9.09 Å². The molecule has 0 amide bonds. The highest BCUT2D eigenvalue weighted by Gasteiger charge is 2.26. The Bertz CT molecular complexity index is 318. The highest BCUT2D eigenvalue weighted by molar-refractivity contribution is 8.55. The Kier molecular flexibility index (Phi) is 5.22. The Morgan fingerprint density at radius 3 is 2.93 bits per heavy atom. The van der Waals surface area contributed by atoms with Gasteiger partial charge in [0.1, 0.15) is 0 Å². The van der Waals surface area contributed by atoms with E-state index in [1.807, 2.05) is 6.92 Å². The summed E-state index contributed by atoms with van der Waals surface area (Å²) in [5.41, 5.74) is 0. The maximum Gasteiger partial charge on any atom is 0.440 e. The summed E-state index contributed by atoms with van der Waals surface area (Å²) in [5.74, 6) is 1.19. The summed E-state index contributed by atoms with van der Waals surface area (Å²) in [4.78, 5) is 0. The molecule has 0 fully saturated rings. The molecule has 0 bridgehead atoms. The van der Waals surface area contributed by atoms with E-state index in [0.717, 1.165) is 12.2 Å². The van der Waals surface area contributed by atoms with Gasteiger partial charge in [-0.05, 0) is 24.7 Å². The number of aromatic nitrogens is 2. The van der Waals surface area contributed by atoms with Gasteiger partial charge in [0.15, 0.2) is 5.75 Å². The van der Waals surface area contributed by atoms with Crippen LogP contribution in [0.3, 0.4) is 0 Å². The van der Waals surface area contributed by atoms with Crippen LogP contribution < -0.4 is 4.52 Å². The Labute approximate surface area is 93.2 Å². The molecular weight excluding hydrogens is 235 g/mol. The van der Waals surface area contributed by atoms with Crippen molar-refractivity contribution in [3.63, 3.8) is 0 Å². The Hall–Kier alpha value is -0.450. The first-order chi connectivity index (χ1) is 7.20. The van der Waals surface area contributed by atoms with Gasteiger partial charge in [0.25, 0.3) is 0 Å². The van der Waals surface area contributed by atoms with Crippen LogP contribution in [0.15, 0.2) is 12.4 Å². The lowest BCUT2D eigenvalue weighted by Gasteiger charge is -2.15. The van der Waals surface area contributed by atoms with Gasteiger partial charge < -0.3 is 4.52 Å². The average molecular weight is 250 g/mol. The molecule has 0 aliphatic carbocycles. The lowest BCUT2D eigenvalue weighted by molar-refractivity contribution is 0.296. The predicted octanol–water partition coefficient (Wildman–Crippen LogP) is 3.08. The summed E-state index contributed by atoms with van der Waals surface area (Å²) in [6.07, 6.45) is 3.94. The topological polar surface area (TPSA) is 64.2 Å². The molecule has 0 aromatic carbocycles. The largest absolute Gasteiger partial charge is 0.440 e. The van der Waals surface area contributed by atoms with E-state index in [-0.39, 0.29) is 0 Å². The molecule has 0 saturated carbocycles. The van der Waals surface area contributed by atoms with Crippen LogP contribution in [0.2, 0.25) is 0 Å². The predicted molar refractivity (Wildman–Crippen MR) is 61.2 cm³/mol. The van der Waals surface area contributed by atoms with Gasteiger partial charge in [-0.2, -0.15) is 5.10 Å². The number of H-pyrrole nitrogens is 1. The van der Waals surface area contributed by atoms with E-state index < -0.39 is 6.80 Å². The second-order valence-electron chi connectivity index (χ2n) is 2.72. The SMILES string of the molecule is CCCSP(=O)(OCC)Oc1cn[nH]c1. The molecular formula is C8H15N2O3PS. The van der Waals surface area contributed by atoms with Crippen molar-refractivity contribution in [2.45, 2.75) is 20.3 Å². The lowest BCUT2D eigenvalue weighted by atomic mass is 10.6. The smallest absolute Gasteiger partial charge is 0.414 e. The summed E-state index contributed by atoms with van der Waals surface area (Å²) in [6, 6.07) is 0. The van der Waals surface area contributed by atoms with Gasteiger partial charge in [-0.15, -0.1) is 0 Å². The van der Waals surface area contributed by atoms with Gasteiger partial charge in [0.2, 0.25) is 0 Å². The first-order valence-electron chi connectivity index (χ1n) is 4.77. The first kappa shape index (κ1) is 12.6. The van der Waals surface area contributed by atoms with Crippen molar-refractivity contribution in [3.05, 3.63) is 12.4 Å². The van der Waals surface area contributed by atoms with Crippen LogP contribution in [0.1, 0.15) is 20.3 Å². The van der Waals surface area contributed by atoms with Crippen molar-refractivity contribution in [2.75, 3.05) is 12.4 Å². The van der Waals surface area contributed by atoms with E-state index in [0.29, 0.717) is 12.4 Å². The number of nitrogens with zero attached hydrogens (tertiary/aromatic N) is 1. The van der Waals surface area contributed by atoms with E-state index in [1.165, 1.54) is 23.8 Å². The third-order valence-corrected chi connectivity index (χ3v) is 5.38. The average Bonchev–Trinajstić information content (AvgIpc) is 2.68. The molecule has 1 atom stereocenters. The van der Waals surface area contributed by atoms with Gasteiger partial charge in [-0.1, -0.05) is 6.92 Å². The molecule has 86 valence electrons. The summed E-state index contributed by atoms with van der Waals surface area (Å²) in [5, 5.41) is 6.30. The summed E-state index contributed by atoms with van der Waals surface area (Å²) in [7, 11) is 0. The quantitative estimate of drug-likeness (QED) is 0.753. The lowest BCUT2D eigenvalue weighted by Crippen LogP contribution is -1.95. The van der Waals surface area contributed by atoms with Crippen LogP contribution in [0.4, 0.5) is 0 Å². The third-order valence-electron chi connectivity index (χ3n) is 1.43. The highest BCUT2D eigenvalue weighted by Crippen LogP contribution is 2.59. The fourth-order valence-corrected chi connectivity index (χ4v) is 4.30. The molecule has 7 heteroatoms. The molecule has 1 N–H and O–H groups in total. The van der Waals surface area contributed by atoms with E-state index in [9.17, 15) is 4.57 Å². The first-order valence-corrected chi connectivity index (χ1v) is 7.91. The summed E-state index contributed by atoms with van der Waals surface area (Å²) >= 11 is 1.22. The van der Waals surface area contributed by atoms with Crippen LogP contribution in [0.5, 0.6) is 5.75 Å². The van der Waals surface area contributed by atoms with Crippen molar-refractivity contribution in [2.24, 2.45) is 0 Å². The maximum atomic E-state index is 12.1. The second-order valence-corrected chi connectivity index (χ2v) is 6.84. The minimum atomic E-state index is -3.07. The van der Waals surface area contributed by atoms with Crippen LogP contribution >= 0.6 is 18.2 Å². The summed E-state index contributed by atoms with van der Waals surface area (Å²) < 4.78 is 22.6. The van der Waals surface area contributed by atoms with Crippen molar-refractivity contribution in [3.8, 4) is 5.75 Å². The Morgan fingerprint density at radius 2 is 2.40 bits per heavy atom. The van der Waals surface area contributed by atoms with Gasteiger partial charge >= 0.3 is 6.80 Å². The van der Waals surface area contributed by atoms with Crippen LogP contribution in [-0.4, -0.2) is 22.6 Å². The van der Waals surface area contributed by atoms with E-state index in [2.05, 4.69) is 10.2 Å². The molecule has 0 aliphatic heterocycles. The van der Waals surface area contributed by atoms with Crippen molar-refractivity contribution in [1.82, 2.24) is 10.2 Å². The van der Waals surface area contributed by atoms with Crippen molar-refractivity contribution < 1.29 is 13.6 Å². The van der Waals surface area contributed by atoms with Gasteiger partial charge in [-0.3, -0.25) is 9.62 Å². The van der Waals surface area contributed by atoms with Crippen LogP contribution in [0, 0.1) is 0 Å². The van der Waals surface area contributed by atoms with Gasteiger partial charge in [0.05, 0.1) is 19.0 Å². The van der Waals surface area contributed by atoms with Gasteiger partial charge in [-0.25, -0.2) is 4.57 Å². The Balaban J connectivity index is 2.60. The van der Waals surface area contributed by atoms with Gasteiger partial charge in [0, 0.05) is 5.75 Å². The molecule has 0 aliphatic rings. The standard InChI is InChI=1S/C8H15N2O3PS/c1-3-5-15-14(11,12-4-2)13-8-6-9-10-7-8/h6-7H,3-5H2,1-2H3,(H,9,10). The molecule has 1 aromatic heterocycles. The maximum absolute atomic E-state index is 12.1. The molecule has 0 radical (unpaired) electrons. The zero-order chi connectivity index (χ0) is 11.1. The fourth-order valence-electron chi connectivity index (χ4n) is 0.869. The fraction of sp³-hybridized carbons (Fsp3) is 0.625. The van der Waals surface area contributed by atoms with E-state index in [1.54, 1.807) is 6.92 Å². The summed E-state index contributed by atoms with van der Waals surface area (Å²) in [6.45, 7) is 1.10. The number of hydrogen-bond acceptors (Lipinski definition) is 5. The molecule has 1 unspecified atom stereocenters. The minimum absolute atomic E-state index is 0.367. The number of nitrogens with one attached hydrogen (secondary N) is 1. The molecule has 1 aromatic rings. The number of aromatic amines is 1. The van der Waals surface area contributed by atoms with E-state index in [4.69, 9.17) is 9.05 Å². The highest BCUT2D eigenvalue weighted by atomic mass is 32.7. The minimum Gasteiger partial charge on any atom is -0.414 e. The molecule has 0 spiro atoms. The Morgan fingerprint density at radius 1 is 1.60 bits per heavy atom. The second kappa shape index (κ2) is 6.20. The van der Waals surface area contributed by atoms with Crippen molar-refractivity contribution >= 4 is 18.2 Å². The molecule has 0 saturated heterocycles. The molecule has 5 nitrogen and oxygen atoms in total. The van der Waals surface area contributed by atoms with Crippen molar-refractivity contribution in [1.29, 1.82) is 0 Å².